The van der Waals surface area contributed by atoms with E-state index in [1.807, 2.05) is 0 Å². The SMILES string of the molecule is CC(=O)OC(C/C=C(\C)C(N)=O)C(C)C1CC(OC(C)=O)[C@]2(C)C3=CCC4C(C)(C)C(OC(C)=O)CC[C@]4(C)C3=CC[C@]12C. The van der Waals surface area contributed by atoms with Crippen molar-refractivity contribution in [1.82, 2.24) is 0 Å². The Balaban J connectivity index is 1.78. The summed E-state index contributed by atoms with van der Waals surface area (Å²) in [5.41, 5.74) is 7.43. The number of ether oxygens (including phenoxy) is 3. The third-order valence-corrected chi connectivity index (χ3v) is 12.5. The van der Waals surface area contributed by atoms with Gasteiger partial charge in [0.25, 0.3) is 0 Å². The van der Waals surface area contributed by atoms with E-state index in [-0.39, 0.29) is 64.1 Å². The van der Waals surface area contributed by atoms with E-state index >= 15 is 0 Å². The second-order valence-electron chi connectivity index (χ2n) is 15.2. The summed E-state index contributed by atoms with van der Waals surface area (Å²) in [4.78, 5) is 48.5. The van der Waals surface area contributed by atoms with Gasteiger partial charge in [-0.25, -0.2) is 0 Å². The van der Waals surface area contributed by atoms with Gasteiger partial charge in [0.15, 0.2) is 0 Å². The topological polar surface area (TPSA) is 122 Å². The molecule has 2 N–H and O–H groups in total. The molecule has 0 saturated heterocycles. The largest absolute Gasteiger partial charge is 0.462 e. The average Bonchev–Trinajstić information content (AvgIpc) is 3.13. The minimum absolute atomic E-state index is 0.0591. The van der Waals surface area contributed by atoms with Crippen molar-refractivity contribution in [3.63, 3.8) is 0 Å². The summed E-state index contributed by atoms with van der Waals surface area (Å²) >= 11 is 0. The van der Waals surface area contributed by atoms with Crippen LogP contribution in [0.5, 0.6) is 0 Å². The first-order valence-corrected chi connectivity index (χ1v) is 16.2. The Kier molecular flexibility index (Phi) is 9.11. The van der Waals surface area contributed by atoms with Gasteiger partial charge in [-0.2, -0.15) is 0 Å². The van der Waals surface area contributed by atoms with Gasteiger partial charge < -0.3 is 19.9 Å². The van der Waals surface area contributed by atoms with Gasteiger partial charge in [-0.3, -0.25) is 19.2 Å². The van der Waals surface area contributed by atoms with Crippen molar-refractivity contribution < 1.29 is 33.4 Å². The Morgan fingerprint density at radius 1 is 0.932 bits per heavy atom. The van der Waals surface area contributed by atoms with Crippen molar-refractivity contribution in [1.29, 1.82) is 0 Å². The summed E-state index contributed by atoms with van der Waals surface area (Å²) < 4.78 is 17.9. The van der Waals surface area contributed by atoms with Crippen molar-refractivity contribution in [2.24, 2.45) is 45.1 Å². The van der Waals surface area contributed by atoms with Gasteiger partial charge in [0.1, 0.15) is 18.3 Å². The molecule has 0 aromatic carbocycles. The number of esters is 3. The number of amides is 1. The highest BCUT2D eigenvalue weighted by atomic mass is 16.6. The lowest BCUT2D eigenvalue weighted by atomic mass is 9.44. The van der Waals surface area contributed by atoms with Crippen LogP contribution in [0.1, 0.15) is 108 Å². The quantitative estimate of drug-likeness (QED) is 0.192. The van der Waals surface area contributed by atoms with Gasteiger partial charge in [0.05, 0.1) is 0 Å². The van der Waals surface area contributed by atoms with Crippen molar-refractivity contribution in [3.05, 3.63) is 34.9 Å². The summed E-state index contributed by atoms with van der Waals surface area (Å²) in [6.45, 7) is 19.5. The molecule has 2 fully saturated rings. The molecule has 0 bridgehead atoms. The number of nitrogens with two attached hydrogens (primary N) is 1. The summed E-state index contributed by atoms with van der Waals surface area (Å²) in [5, 5.41) is 0. The van der Waals surface area contributed by atoms with E-state index in [9.17, 15) is 19.2 Å². The molecule has 244 valence electrons. The molecule has 4 aliphatic carbocycles. The number of carbonyl (C=O) groups is 4. The lowest BCUT2D eigenvalue weighted by molar-refractivity contribution is -0.166. The van der Waals surface area contributed by atoms with E-state index in [0.717, 1.165) is 25.7 Å². The maximum absolute atomic E-state index is 12.6. The molecule has 1 amide bonds. The summed E-state index contributed by atoms with van der Waals surface area (Å²) in [7, 11) is 0. The molecule has 6 unspecified atom stereocenters. The Morgan fingerprint density at radius 3 is 2.11 bits per heavy atom. The van der Waals surface area contributed by atoms with Crippen LogP contribution in [0.4, 0.5) is 0 Å². The molecule has 0 heterocycles. The van der Waals surface area contributed by atoms with Crippen LogP contribution >= 0.6 is 0 Å². The smallest absolute Gasteiger partial charge is 0.302 e. The van der Waals surface area contributed by atoms with Crippen LogP contribution < -0.4 is 5.73 Å². The summed E-state index contributed by atoms with van der Waals surface area (Å²) in [5.74, 6) is -1.15. The van der Waals surface area contributed by atoms with E-state index in [1.165, 1.54) is 31.9 Å². The molecule has 0 spiro atoms. The fourth-order valence-corrected chi connectivity index (χ4v) is 9.84. The van der Waals surface area contributed by atoms with Gasteiger partial charge >= 0.3 is 17.9 Å². The molecule has 0 radical (unpaired) electrons. The normalized spacial score (nSPS) is 37.2. The highest BCUT2D eigenvalue weighted by Crippen LogP contribution is 2.72. The molecule has 0 aliphatic heterocycles. The van der Waals surface area contributed by atoms with E-state index in [4.69, 9.17) is 19.9 Å². The maximum Gasteiger partial charge on any atom is 0.302 e. The molecule has 8 heteroatoms. The average molecular weight is 612 g/mol. The van der Waals surface area contributed by atoms with Gasteiger partial charge in [-0.05, 0) is 78.8 Å². The molecule has 44 heavy (non-hydrogen) atoms. The lowest BCUT2D eigenvalue weighted by Crippen LogP contribution is -2.56. The summed E-state index contributed by atoms with van der Waals surface area (Å²) in [6.07, 6.45) is 9.98. The Labute approximate surface area is 263 Å². The van der Waals surface area contributed by atoms with Crippen molar-refractivity contribution in [2.45, 2.75) is 126 Å². The monoisotopic (exact) mass is 611 g/mol. The van der Waals surface area contributed by atoms with Crippen molar-refractivity contribution in [3.8, 4) is 0 Å². The number of allylic oxidation sites excluding steroid dienone is 3. The zero-order valence-corrected chi connectivity index (χ0v) is 28.4. The van der Waals surface area contributed by atoms with Crippen molar-refractivity contribution >= 4 is 23.8 Å². The second-order valence-corrected chi connectivity index (χ2v) is 15.2. The van der Waals surface area contributed by atoms with Gasteiger partial charge in [-0.1, -0.05) is 59.8 Å². The van der Waals surface area contributed by atoms with Crippen LogP contribution in [0, 0.1) is 39.4 Å². The molecule has 8 nitrogen and oxygen atoms in total. The van der Waals surface area contributed by atoms with Crippen LogP contribution in [0.25, 0.3) is 0 Å². The van der Waals surface area contributed by atoms with E-state index in [1.54, 1.807) is 13.0 Å². The molecule has 2 saturated carbocycles. The Hall–Kier alpha value is -2.90. The maximum atomic E-state index is 12.6. The summed E-state index contributed by atoms with van der Waals surface area (Å²) in [6, 6.07) is 0. The number of primary amides is 1. The number of hydrogen-bond donors (Lipinski definition) is 1. The first-order chi connectivity index (χ1) is 20.3. The molecule has 0 aromatic rings. The number of hydrogen-bond acceptors (Lipinski definition) is 7. The van der Waals surface area contributed by atoms with E-state index in [2.05, 4.69) is 53.7 Å². The molecule has 4 rings (SSSR count). The minimum atomic E-state index is -0.499. The first kappa shape index (κ1) is 34.0. The first-order valence-electron chi connectivity index (χ1n) is 16.2. The van der Waals surface area contributed by atoms with Crippen LogP contribution in [-0.4, -0.2) is 42.1 Å². The van der Waals surface area contributed by atoms with E-state index in [0.29, 0.717) is 18.4 Å². The zero-order chi connectivity index (χ0) is 33.0. The number of carbonyl (C=O) groups excluding carboxylic acids is 4. The van der Waals surface area contributed by atoms with Crippen LogP contribution in [-0.2, 0) is 33.4 Å². The van der Waals surface area contributed by atoms with E-state index < -0.39 is 17.4 Å². The third kappa shape index (κ3) is 5.44. The standard InChI is InChI=1S/C36H53NO7/c1-20(32(37)41)11-13-28(42-22(3)38)21(2)27-19-31(44-24(5)40)36(10)26-12-14-29-33(6,7)30(43-23(4)39)16-17-34(29,8)25(26)15-18-35(27,36)9/h11-12,15,21,27-31H,13-14,16-19H2,1-10H3,(H2,37,41)/b20-11+/t21?,27?,28?,29?,30?,31?,34-,35-,36+/m1/s1. The van der Waals surface area contributed by atoms with Crippen LogP contribution in [0.2, 0.25) is 0 Å². The minimum Gasteiger partial charge on any atom is -0.462 e. The van der Waals surface area contributed by atoms with Gasteiger partial charge in [0, 0.05) is 43.6 Å². The number of rotatable bonds is 8. The lowest BCUT2D eigenvalue weighted by Gasteiger charge is -2.61. The highest BCUT2D eigenvalue weighted by Gasteiger charge is 2.68. The fraction of sp³-hybridized carbons (Fsp3) is 0.722. The predicted molar refractivity (Wildman–Crippen MR) is 168 cm³/mol. The third-order valence-electron chi connectivity index (χ3n) is 12.5. The molecule has 9 atom stereocenters. The Morgan fingerprint density at radius 2 is 1.55 bits per heavy atom. The molecular formula is C36H53NO7. The van der Waals surface area contributed by atoms with Gasteiger partial charge in [-0.15, -0.1) is 0 Å². The fourth-order valence-electron chi connectivity index (χ4n) is 9.84. The second kappa shape index (κ2) is 11.8. The van der Waals surface area contributed by atoms with Crippen LogP contribution in [0.3, 0.4) is 0 Å². The zero-order valence-electron chi connectivity index (χ0n) is 28.4. The highest BCUT2D eigenvalue weighted by molar-refractivity contribution is 5.91. The molecule has 0 aromatic heterocycles. The van der Waals surface area contributed by atoms with Gasteiger partial charge in [0.2, 0.25) is 5.91 Å². The molecular weight excluding hydrogens is 558 g/mol. The predicted octanol–water partition coefficient (Wildman–Crippen LogP) is 6.37. The number of fused-ring (bicyclic) bond motifs is 5. The molecule has 4 aliphatic rings. The van der Waals surface area contributed by atoms with Crippen molar-refractivity contribution in [2.75, 3.05) is 0 Å². The van der Waals surface area contributed by atoms with Crippen LogP contribution in [0.15, 0.2) is 34.9 Å². The Bertz CT molecular complexity index is 1310.